The number of hydrogen-bond acceptors (Lipinski definition) is 7. The molecule has 2 aliphatic heterocycles. The first-order valence-electron chi connectivity index (χ1n) is 10.9. The molecule has 0 aliphatic carbocycles. The normalized spacial score (nSPS) is 26.6. The van der Waals surface area contributed by atoms with Crippen molar-refractivity contribution in [3.8, 4) is 28.8 Å². The molecule has 0 saturated carbocycles. The first-order valence-corrected chi connectivity index (χ1v) is 10.9. The van der Waals surface area contributed by atoms with Gasteiger partial charge in [-0.3, -0.25) is 0 Å². The van der Waals surface area contributed by atoms with Crippen molar-refractivity contribution in [2.24, 2.45) is 0 Å². The van der Waals surface area contributed by atoms with Gasteiger partial charge in [-0.2, -0.15) is 5.26 Å². The molecular formula is C24H27N7O. The number of hydrogen-bond donors (Lipinski definition) is 2. The van der Waals surface area contributed by atoms with Crippen LogP contribution in [0, 0.1) is 11.3 Å². The van der Waals surface area contributed by atoms with E-state index in [0.717, 1.165) is 18.7 Å². The van der Waals surface area contributed by atoms with Crippen molar-refractivity contribution in [3.63, 3.8) is 0 Å². The molecule has 0 unspecified atom stereocenters. The second kappa shape index (κ2) is 7.31. The third-order valence-electron chi connectivity index (χ3n) is 7.02. The zero-order valence-electron chi connectivity index (χ0n) is 18.6. The molecule has 2 saturated heterocycles. The van der Waals surface area contributed by atoms with Crippen molar-refractivity contribution in [1.82, 2.24) is 25.1 Å². The van der Waals surface area contributed by atoms with E-state index in [-0.39, 0.29) is 16.8 Å². The Morgan fingerprint density at radius 2 is 1.91 bits per heavy atom. The fraction of sp³-hybridized carbons (Fsp3) is 0.417. The number of benzene rings is 1. The van der Waals surface area contributed by atoms with E-state index in [2.05, 4.69) is 46.3 Å². The van der Waals surface area contributed by atoms with Crippen molar-refractivity contribution < 1.29 is 5.11 Å². The summed E-state index contributed by atoms with van der Waals surface area (Å²) >= 11 is 0. The lowest BCUT2D eigenvalue weighted by molar-refractivity contribution is 0.207. The molecule has 3 aromatic rings. The van der Waals surface area contributed by atoms with E-state index in [1.807, 2.05) is 24.3 Å². The highest BCUT2D eigenvalue weighted by Crippen LogP contribution is 2.43. The number of nitriles is 1. The molecule has 8 nitrogen and oxygen atoms in total. The molecule has 164 valence electrons. The van der Waals surface area contributed by atoms with Gasteiger partial charge in [0.1, 0.15) is 18.1 Å². The van der Waals surface area contributed by atoms with Gasteiger partial charge in [-0.25, -0.2) is 4.98 Å². The highest BCUT2D eigenvalue weighted by atomic mass is 16.3. The number of aromatic hydroxyl groups is 1. The van der Waals surface area contributed by atoms with Gasteiger partial charge in [0.15, 0.2) is 11.5 Å². The standard InChI is InChI=1S/C24H27N7O/c1-23-8-9-24(2,29-23)12-18(11-23)30(3)22-7-6-20(27-28-22)19-5-4-17(10-21(19)32)31-14-16(13-25)26-15-31/h4-7,10,14-15,18,29,32H,8-9,11-12H2,1-3H3/t18-,23+,24-. The van der Waals surface area contributed by atoms with Crippen LogP contribution in [0.1, 0.15) is 45.2 Å². The molecule has 0 radical (unpaired) electrons. The minimum absolute atomic E-state index is 0.0980. The number of phenolic OH excluding ortho intramolecular Hbond substituents is 1. The van der Waals surface area contributed by atoms with Gasteiger partial charge in [-0.15, -0.1) is 10.2 Å². The molecule has 3 atom stereocenters. The molecule has 32 heavy (non-hydrogen) atoms. The van der Waals surface area contributed by atoms with Crippen LogP contribution in [0.3, 0.4) is 0 Å². The predicted octanol–water partition coefficient (Wildman–Crippen LogP) is 3.41. The number of nitrogens with one attached hydrogen (secondary N) is 1. The largest absolute Gasteiger partial charge is 0.507 e. The third-order valence-corrected chi connectivity index (χ3v) is 7.02. The zero-order valence-corrected chi connectivity index (χ0v) is 18.6. The number of anilines is 1. The van der Waals surface area contributed by atoms with Crippen LogP contribution in [0.5, 0.6) is 5.75 Å². The summed E-state index contributed by atoms with van der Waals surface area (Å²) in [6.07, 6.45) is 7.77. The summed E-state index contributed by atoms with van der Waals surface area (Å²) < 4.78 is 1.69. The number of piperidine rings is 1. The van der Waals surface area contributed by atoms with E-state index in [9.17, 15) is 5.11 Å². The van der Waals surface area contributed by atoms with Crippen molar-refractivity contribution in [1.29, 1.82) is 5.26 Å². The van der Waals surface area contributed by atoms with Gasteiger partial charge in [0, 0.05) is 42.0 Å². The number of phenols is 1. The van der Waals surface area contributed by atoms with Crippen LogP contribution >= 0.6 is 0 Å². The van der Waals surface area contributed by atoms with Crippen molar-refractivity contribution in [2.45, 2.75) is 56.7 Å². The monoisotopic (exact) mass is 429 g/mol. The molecule has 2 N–H and O–H groups in total. The number of rotatable bonds is 4. The minimum atomic E-state index is 0.0980. The van der Waals surface area contributed by atoms with Gasteiger partial charge in [0.2, 0.25) is 0 Å². The number of imidazole rings is 1. The van der Waals surface area contributed by atoms with E-state index in [1.54, 1.807) is 29.2 Å². The van der Waals surface area contributed by atoms with Gasteiger partial charge in [-0.05, 0) is 63.8 Å². The molecule has 2 bridgehead atoms. The Bertz CT molecular complexity index is 1180. The van der Waals surface area contributed by atoms with Crippen LogP contribution < -0.4 is 10.2 Å². The summed E-state index contributed by atoms with van der Waals surface area (Å²) in [4.78, 5) is 6.24. The summed E-state index contributed by atoms with van der Waals surface area (Å²) in [5, 5.41) is 32.2. The topological polar surface area (TPSA) is 103 Å². The fourth-order valence-electron chi connectivity index (χ4n) is 5.36. The first-order chi connectivity index (χ1) is 15.3. The number of aromatic nitrogens is 4. The Morgan fingerprint density at radius 1 is 1.16 bits per heavy atom. The Hall–Kier alpha value is -3.44. The summed E-state index contributed by atoms with van der Waals surface area (Å²) in [5.41, 5.74) is 2.64. The van der Waals surface area contributed by atoms with Crippen molar-refractivity contribution in [2.75, 3.05) is 11.9 Å². The maximum atomic E-state index is 10.6. The second-order valence-corrected chi connectivity index (χ2v) is 9.68. The SMILES string of the molecule is CN(c1ccc(-c2ccc(-n3cnc(C#N)c3)cc2O)nn1)[C@@H]1C[C@]2(C)CC[C@](C)(C1)N2. The van der Waals surface area contributed by atoms with Crippen LogP contribution in [0.15, 0.2) is 42.9 Å². The number of nitrogens with zero attached hydrogens (tertiary/aromatic N) is 6. The minimum Gasteiger partial charge on any atom is -0.507 e. The summed E-state index contributed by atoms with van der Waals surface area (Å²) in [7, 11) is 2.10. The molecule has 4 heterocycles. The highest BCUT2D eigenvalue weighted by molar-refractivity contribution is 5.69. The van der Waals surface area contributed by atoms with Crippen LogP contribution in [-0.2, 0) is 0 Å². The first kappa shape index (κ1) is 20.5. The average Bonchev–Trinajstić information content (AvgIpc) is 3.34. The quantitative estimate of drug-likeness (QED) is 0.655. The third kappa shape index (κ3) is 3.59. The second-order valence-electron chi connectivity index (χ2n) is 9.68. The lowest BCUT2D eigenvalue weighted by Crippen LogP contribution is -2.58. The Kier molecular flexibility index (Phi) is 4.68. The van der Waals surface area contributed by atoms with E-state index in [1.165, 1.54) is 12.8 Å². The smallest absolute Gasteiger partial charge is 0.158 e. The highest BCUT2D eigenvalue weighted by Gasteiger charge is 2.49. The lowest BCUT2D eigenvalue weighted by Gasteiger charge is -2.45. The molecule has 0 spiro atoms. The maximum absolute atomic E-state index is 10.6. The van der Waals surface area contributed by atoms with Gasteiger partial charge in [0.05, 0.1) is 11.4 Å². The van der Waals surface area contributed by atoms with Crippen LogP contribution in [0.25, 0.3) is 16.9 Å². The zero-order chi connectivity index (χ0) is 22.5. The van der Waals surface area contributed by atoms with Gasteiger partial charge >= 0.3 is 0 Å². The van der Waals surface area contributed by atoms with E-state index in [0.29, 0.717) is 28.7 Å². The number of fused-ring (bicyclic) bond motifs is 2. The predicted molar refractivity (Wildman–Crippen MR) is 122 cm³/mol. The van der Waals surface area contributed by atoms with Crippen LogP contribution in [0.4, 0.5) is 5.82 Å². The fourth-order valence-corrected chi connectivity index (χ4v) is 5.36. The summed E-state index contributed by atoms with van der Waals surface area (Å²) in [6.45, 7) is 4.65. The van der Waals surface area contributed by atoms with Gasteiger partial charge < -0.3 is 19.9 Å². The summed E-state index contributed by atoms with van der Waals surface area (Å²) in [6, 6.07) is 11.6. The Labute approximate surface area is 187 Å². The molecule has 8 heteroatoms. The molecule has 2 aliphatic rings. The molecule has 2 fully saturated rings. The molecule has 2 aromatic heterocycles. The van der Waals surface area contributed by atoms with Gasteiger partial charge in [0.25, 0.3) is 0 Å². The lowest BCUT2D eigenvalue weighted by atomic mass is 9.84. The Balaban J connectivity index is 1.35. The van der Waals surface area contributed by atoms with E-state index in [4.69, 9.17) is 5.26 Å². The van der Waals surface area contributed by atoms with Gasteiger partial charge in [-0.1, -0.05) is 0 Å². The van der Waals surface area contributed by atoms with Crippen molar-refractivity contribution >= 4 is 5.82 Å². The summed E-state index contributed by atoms with van der Waals surface area (Å²) in [5.74, 6) is 0.937. The van der Waals surface area contributed by atoms with Crippen LogP contribution in [-0.4, -0.2) is 49.0 Å². The average molecular weight is 430 g/mol. The van der Waals surface area contributed by atoms with Crippen molar-refractivity contribution in [3.05, 3.63) is 48.5 Å². The molecule has 5 rings (SSSR count). The van der Waals surface area contributed by atoms with Crippen LogP contribution in [0.2, 0.25) is 0 Å². The molecule has 1 aromatic carbocycles. The molecule has 0 amide bonds. The van der Waals surface area contributed by atoms with E-state index < -0.39 is 0 Å². The Morgan fingerprint density at radius 3 is 2.50 bits per heavy atom. The molecular weight excluding hydrogens is 402 g/mol. The maximum Gasteiger partial charge on any atom is 0.158 e. The van der Waals surface area contributed by atoms with E-state index >= 15 is 0 Å².